The summed E-state index contributed by atoms with van der Waals surface area (Å²) in [7, 11) is 1.32. The Morgan fingerprint density at radius 1 is 1.35 bits per heavy atom. The molecular weight excluding hydrogens is 228 g/mol. The molecule has 0 saturated heterocycles. The first-order valence-corrected chi connectivity index (χ1v) is 5.26. The number of carbonyl (C=O) groups excluding carboxylic acids is 1. The van der Waals surface area contributed by atoms with Crippen LogP contribution >= 0.6 is 0 Å². The van der Waals surface area contributed by atoms with Crippen molar-refractivity contribution in [3.63, 3.8) is 0 Å². The third-order valence-corrected chi connectivity index (χ3v) is 2.29. The summed E-state index contributed by atoms with van der Waals surface area (Å²) in [6, 6.07) is 7.20. The number of alkyl halides is 2. The summed E-state index contributed by atoms with van der Waals surface area (Å²) >= 11 is 0. The van der Waals surface area contributed by atoms with Gasteiger partial charge in [-0.05, 0) is 11.1 Å². The summed E-state index contributed by atoms with van der Waals surface area (Å²) in [5.41, 5.74) is 1.62. The maximum atomic E-state index is 12.0. The third-order valence-electron chi connectivity index (χ3n) is 2.29. The van der Waals surface area contributed by atoms with Gasteiger partial charge >= 0.3 is 5.97 Å². The Labute approximate surface area is 98.8 Å². The van der Waals surface area contributed by atoms with Crippen molar-refractivity contribution < 1.29 is 18.3 Å². The van der Waals surface area contributed by atoms with Gasteiger partial charge in [0.05, 0.1) is 20.1 Å². The van der Waals surface area contributed by atoms with E-state index in [4.69, 9.17) is 0 Å². The van der Waals surface area contributed by atoms with E-state index in [1.54, 1.807) is 24.3 Å². The molecule has 0 aromatic heterocycles. The molecule has 5 heteroatoms. The molecular formula is C12H15F2NO2. The minimum Gasteiger partial charge on any atom is -0.469 e. The number of halogens is 2. The Morgan fingerprint density at radius 3 is 2.59 bits per heavy atom. The number of benzene rings is 1. The highest BCUT2D eigenvalue weighted by atomic mass is 19.3. The molecule has 0 radical (unpaired) electrons. The lowest BCUT2D eigenvalue weighted by Gasteiger charge is -2.09. The molecule has 0 bridgehead atoms. The second kappa shape index (κ2) is 6.96. The van der Waals surface area contributed by atoms with Crippen LogP contribution < -0.4 is 5.32 Å². The van der Waals surface area contributed by atoms with Crippen LogP contribution in [0.15, 0.2) is 24.3 Å². The zero-order chi connectivity index (χ0) is 12.7. The van der Waals surface area contributed by atoms with Crippen LogP contribution in [0.5, 0.6) is 0 Å². The summed E-state index contributed by atoms with van der Waals surface area (Å²) in [5.74, 6) is -0.341. The van der Waals surface area contributed by atoms with E-state index in [1.807, 2.05) is 0 Å². The molecule has 0 aliphatic rings. The zero-order valence-corrected chi connectivity index (χ0v) is 9.58. The highest BCUT2D eigenvalue weighted by molar-refractivity contribution is 5.72. The highest BCUT2D eigenvalue weighted by Gasteiger charge is 2.08. The smallest absolute Gasteiger partial charge is 0.309 e. The minimum atomic E-state index is -2.37. The molecule has 3 nitrogen and oxygen atoms in total. The van der Waals surface area contributed by atoms with E-state index >= 15 is 0 Å². The molecule has 1 rings (SSSR count). The molecule has 0 amide bonds. The fraction of sp³-hybridized carbons (Fsp3) is 0.417. The number of hydrogen-bond donors (Lipinski definition) is 1. The van der Waals surface area contributed by atoms with Crippen molar-refractivity contribution in [1.82, 2.24) is 5.32 Å². The van der Waals surface area contributed by atoms with E-state index in [0.29, 0.717) is 6.54 Å². The van der Waals surface area contributed by atoms with E-state index in [-0.39, 0.29) is 18.9 Å². The first-order chi connectivity index (χ1) is 8.13. The molecule has 0 saturated carbocycles. The predicted octanol–water partition coefficient (Wildman–Crippen LogP) is 1.76. The maximum Gasteiger partial charge on any atom is 0.309 e. The van der Waals surface area contributed by atoms with E-state index < -0.39 is 6.43 Å². The van der Waals surface area contributed by atoms with Crippen molar-refractivity contribution in [1.29, 1.82) is 0 Å². The molecule has 94 valence electrons. The average molecular weight is 243 g/mol. The van der Waals surface area contributed by atoms with Gasteiger partial charge in [0.15, 0.2) is 0 Å². The van der Waals surface area contributed by atoms with Crippen molar-refractivity contribution in [3.8, 4) is 0 Å². The van der Waals surface area contributed by atoms with E-state index in [9.17, 15) is 13.6 Å². The van der Waals surface area contributed by atoms with Gasteiger partial charge in [-0.15, -0.1) is 0 Å². The zero-order valence-electron chi connectivity index (χ0n) is 9.58. The van der Waals surface area contributed by atoms with Gasteiger partial charge in [-0.3, -0.25) is 4.79 Å². The Balaban J connectivity index is 2.61. The highest BCUT2D eigenvalue weighted by Crippen LogP contribution is 2.10. The van der Waals surface area contributed by atoms with Gasteiger partial charge in [0.25, 0.3) is 6.43 Å². The molecule has 0 atom stereocenters. The van der Waals surface area contributed by atoms with Gasteiger partial charge < -0.3 is 10.1 Å². The number of rotatable bonds is 6. The van der Waals surface area contributed by atoms with Crippen LogP contribution in [0.3, 0.4) is 0 Å². The van der Waals surface area contributed by atoms with Gasteiger partial charge in [0.1, 0.15) is 0 Å². The Hall–Kier alpha value is -1.49. The second-order valence-corrected chi connectivity index (χ2v) is 3.54. The number of hydrogen-bond acceptors (Lipinski definition) is 3. The van der Waals surface area contributed by atoms with Gasteiger partial charge in [-0.1, -0.05) is 24.3 Å². The van der Waals surface area contributed by atoms with Gasteiger partial charge in [-0.25, -0.2) is 8.78 Å². The second-order valence-electron chi connectivity index (χ2n) is 3.54. The Kier molecular flexibility index (Phi) is 5.56. The molecule has 1 aromatic carbocycles. The van der Waals surface area contributed by atoms with E-state index in [2.05, 4.69) is 10.1 Å². The standard InChI is InChI=1S/C12H15F2NO2/c1-17-12(16)6-9-4-2-3-5-10(9)7-15-8-11(13)14/h2-5,11,15H,6-8H2,1H3. The Bertz CT molecular complexity index is 369. The molecule has 1 N–H and O–H groups in total. The number of methoxy groups -OCH3 is 1. The van der Waals surface area contributed by atoms with Crippen LogP contribution in [0.1, 0.15) is 11.1 Å². The summed E-state index contributed by atoms with van der Waals surface area (Å²) in [6.45, 7) is -0.0376. The van der Waals surface area contributed by atoms with Crippen LogP contribution in [0.25, 0.3) is 0 Å². The summed E-state index contributed by atoms with van der Waals surface area (Å²) in [5, 5.41) is 2.63. The van der Waals surface area contributed by atoms with Crippen LogP contribution in [0.2, 0.25) is 0 Å². The predicted molar refractivity (Wildman–Crippen MR) is 59.9 cm³/mol. The van der Waals surface area contributed by atoms with Crippen molar-refractivity contribution in [2.75, 3.05) is 13.7 Å². The van der Waals surface area contributed by atoms with Crippen LogP contribution in [-0.2, 0) is 22.5 Å². The topological polar surface area (TPSA) is 38.3 Å². The number of ether oxygens (including phenoxy) is 1. The summed E-state index contributed by atoms with van der Waals surface area (Å²) < 4.78 is 28.5. The lowest BCUT2D eigenvalue weighted by atomic mass is 10.0. The lowest BCUT2D eigenvalue weighted by Crippen LogP contribution is -2.21. The van der Waals surface area contributed by atoms with E-state index in [0.717, 1.165) is 11.1 Å². The maximum absolute atomic E-state index is 12.0. The number of nitrogens with one attached hydrogen (secondary N) is 1. The summed E-state index contributed by atoms with van der Waals surface area (Å²) in [6.07, 6.45) is -2.22. The largest absolute Gasteiger partial charge is 0.469 e. The normalized spacial score (nSPS) is 10.6. The molecule has 0 aliphatic heterocycles. The average Bonchev–Trinajstić information content (AvgIpc) is 2.30. The lowest BCUT2D eigenvalue weighted by molar-refractivity contribution is -0.139. The van der Waals surface area contributed by atoms with Crippen molar-refractivity contribution in [2.45, 2.75) is 19.4 Å². The van der Waals surface area contributed by atoms with Gasteiger partial charge in [-0.2, -0.15) is 0 Å². The molecule has 0 heterocycles. The molecule has 0 aliphatic carbocycles. The fourth-order valence-electron chi connectivity index (χ4n) is 1.45. The molecule has 17 heavy (non-hydrogen) atoms. The number of esters is 1. The third kappa shape index (κ3) is 4.91. The first-order valence-electron chi connectivity index (χ1n) is 5.26. The van der Waals surface area contributed by atoms with Crippen LogP contribution in [-0.4, -0.2) is 26.0 Å². The molecule has 1 aromatic rings. The summed E-state index contributed by atoms with van der Waals surface area (Å²) in [4.78, 5) is 11.2. The van der Waals surface area contributed by atoms with Crippen LogP contribution in [0, 0.1) is 0 Å². The van der Waals surface area contributed by atoms with E-state index in [1.165, 1.54) is 7.11 Å². The van der Waals surface area contributed by atoms with Gasteiger partial charge in [0, 0.05) is 6.54 Å². The number of carbonyl (C=O) groups is 1. The SMILES string of the molecule is COC(=O)Cc1ccccc1CNCC(F)F. The van der Waals surface area contributed by atoms with Crippen LogP contribution in [0.4, 0.5) is 8.78 Å². The molecule has 0 spiro atoms. The molecule has 0 unspecified atom stereocenters. The first kappa shape index (κ1) is 13.6. The fourth-order valence-corrected chi connectivity index (χ4v) is 1.45. The Morgan fingerprint density at radius 2 is 2.00 bits per heavy atom. The molecule has 0 fully saturated rings. The van der Waals surface area contributed by atoms with Crippen molar-refractivity contribution in [2.24, 2.45) is 0 Å². The monoisotopic (exact) mass is 243 g/mol. The van der Waals surface area contributed by atoms with Gasteiger partial charge in [0.2, 0.25) is 0 Å². The quantitative estimate of drug-likeness (QED) is 0.774. The minimum absolute atomic E-state index is 0.156. The van der Waals surface area contributed by atoms with Crippen molar-refractivity contribution >= 4 is 5.97 Å². The van der Waals surface area contributed by atoms with Crippen molar-refractivity contribution in [3.05, 3.63) is 35.4 Å².